The van der Waals surface area contributed by atoms with E-state index in [1.807, 2.05) is 0 Å². The maximum atomic E-state index is 5.76. The number of hydrogen-bond acceptors (Lipinski definition) is 1. The molecule has 2 fully saturated rings. The molecule has 0 spiro atoms. The SMILES string of the molecule is C/C(CN)=C1/CC2(C)CC(C)(C)C2(C)C1. The second kappa shape index (κ2) is 2.88. The molecule has 0 saturated heterocycles. The van der Waals surface area contributed by atoms with Crippen LogP contribution in [0.15, 0.2) is 11.1 Å². The van der Waals surface area contributed by atoms with Crippen molar-refractivity contribution in [3.63, 3.8) is 0 Å². The molecule has 1 nitrogen and oxygen atoms in total. The third-order valence-corrected chi connectivity index (χ3v) is 5.74. The molecule has 2 unspecified atom stereocenters. The van der Waals surface area contributed by atoms with Crippen LogP contribution in [-0.4, -0.2) is 6.54 Å². The molecule has 15 heavy (non-hydrogen) atoms. The Morgan fingerprint density at radius 2 is 1.80 bits per heavy atom. The second-order valence-electron chi connectivity index (χ2n) is 6.89. The molecule has 2 rings (SSSR count). The Balaban J connectivity index is 2.34. The minimum Gasteiger partial charge on any atom is -0.327 e. The van der Waals surface area contributed by atoms with E-state index in [4.69, 9.17) is 5.73 Å². The maximum absolute atomic E-state index is 5.76. The van der Waals surface area contributed by atoms with Crippen molar-refractivity contribution in [2.45, 2.75) is 53.9 Å². The first kappa shape index (κ1) is 11.2. The van der Waals surface area contributed by atoms with Crippen molar-refractivity contribution in [3.8, 4) is 0 Å². The lowest BCUT2D eigenvalue weighted by Gasteiger charge is -2.64. The smallest absolute Gasteiger partial charge is 0.0136 e. The van der Waals surface area contributed by atoms with Gasteiger partial charge in [-0.3, -0.25) is 0 Å². The van der Waals surface area contributed by atoms with E-state index in [-0.39, 0.29) is 0 Å². The molecule has 2 N–H and O–H groups in total. The third kappa shape index (κ3) is 1.19. The Labute approximate surface area is 94.1 Å². The van der Waals surface area contributed by atoms with E-state index in [0.29, 0.717) is 16.2 Å². The summed E-state index contributed by atoms with van der Waals surface area (Å²) in [6.45, 7) is 12.7. The van der Waals surface area contributed by atoms with Gasteiger partial charge in [-0.2, -0.15) is 0 Å². The predicted molar refractivity (Wildman–Crippen MR) is 65.6 cm³/mol. The summed E-state index contributed by atoms with van der Waals surface area (Å²) in [5.41, 5.74) is 10.4. The summed E-state index contributed by atoms with van der Waals surface area (Å²) in [7, 11) is 0. The van der Waals surface area contributed by atoms with E-state index in [2.05, 4.69) is 34.6 Å². The van der Waals surface area contributed by atoms with Crippen molar-refractivity contribution in [1.29, 1.82) is 0 Å². The molecule has 1 heteroatoms. The summed E-state index contributed by atoms with van der Waals surface area (Å²) in [6, 6.07) is 0. The Hall–Kier alpha value is -0.300. The van der Waals surface area contributed by atoms with Gasteiger partial charge >= 0.3 is 0 Å². The van der Waals surface area contributed by atoms with Crippen LogP contribution in [0.3, 0.4) is 0 Å². The second-order valence-corrected chi connectivity index (χ2v) is 6.89. The summed E-state index contributed by atoms with van der Waals surface area (Å²) in [5.74, 6) is 0. The van der Waals surface area contributed by atoms with Crippen molar-refractivity contribution in [2.75, 3.05) is 6.54 Å². The van der Waals surface area contributed by atoms with E-state index in [0.717, 1.165) is 6.54 Å². The van der Waals surface area contributed by atoms with Gasteiger partial charge in [0.25, 0.3) is 0 Å². The zero-order chi connectivity index (χ0) is 11.5. The van der Waals surface area contributed by atoms with Crippen molar-refractivity contribution in [3.05, 3.63) is 11.1 Å². The van der Waals surface area contributed by atoms with E-state index in [1.165, 1.54) is 24.8 Å². The van der Waals surface area contributed by atoms with Gasteiger partial charge in [0.15, 0.2) is 0 Å². The van der Waals surface area contributed by atoms with Gasteiger partial charge in [-0.25, -0.2) is 0 Å². The highest BCUT2D eigenvalue weighted by molar-refractivity contribution is 5.31. The zero-order valence-electron chi connectivity index (χ0n) is 10.9. The Bertz CT molecular complexity index is 326. The molecule has 0 amide bonds. The minimum absolute atomic E-state index is 0.506. The van der Waals surface area contributed by atoms with E-state index < -0.39 is 0 Å². The van der Waals surface area contributed by atoms with Crippen LogP contribution in [0.25, 0.3) is 0 Å². The van der Waals surface area contributed by atoms with Gasteiger partial charge < -0.3 is 5.73 Å². The molecular formula is C14H25N. The molecule has 2 atom stereocenters. The van der Waals surface area contributed by atoms with E-state index in [9.17, 15) is 0 Å². The standard InChI is InChI=1S/C14H25N/c1-10(8-15)11-6-13(4)9-12(2,3)14(13,5)7-11/h6-9,15H2,1-5H3/b11-10+. The van der Waals surface area contributed by atoms with E-state index in [1.54, 1.807) is 5.57 Å². The van der Waals surface area contributed by atoms with Gasteiger partial charge in [0.2, 0.25) is 0 Å². The molecule has 0 radical (unpaired) electrons. The van der Waals surface area contributed by atoms with Crippen LogP contribution in [0.4, 0.5) is 0 Å². The molecule has 2 aliphatic rings. The average Bonchev–Trinajstić information content (AvgIpc) is 2.35. The topological polar surface area (TPSA) is 26.0 Å². The third-order valence-electron chi connectivity index (χ3n) is 5.74. The number of fused-ring (bicyclic) bond motifs is 1. The lowest BCUT2D eigenvalue weighted by atomic mass is 9.40. The van der Waals surface area contributed by atoms with Gasteiger partial charge in [-0.1, -0.05) is 38.8 Å². The summed E-state index contributed by atoms with van der Waals surface area (Å²) < 4.78 is 0. The lowest BCUT2D eigenvalue weighted by Crippen LogP contribution is -2.57. The first-order valence-corrected chi connectivity index (χ1v) is 6.13. The minimum atomic E-state index is 0.506. The summed E-state index contributed by atoms with van der Waals surface area (Å²) in [6.07, 6.45) is 3.94. The number of nitrogens with two attached hydrogens (primary N) is 1. The van der Waals surface area contributed by atoms with Crippen molar-refractivity contribution in [1.82, 2.24) is 0 Å². The van der Waals surface area contributed by atoms with Gasteiger partial charge in [0, 0.05) is 6.54 Å². The molecule has 2 aliphatic carbocycles. The zero-order valence-corrected chi connectivity index (χ0v) is 10.9. The Morgan fingerprint density at radius 3 is 2.20 bits per heavy atom. The van der Waals surface area contributed by atoms with Gasteiger partial charge in [-0.05, 0) is 42.4 Å². The highest BCUT2D eigenvalue weighted by atomic mass is 14.7. The maximum Gasteiger partial charge on any atom is 0.0136 e. The van der Waals surface area contributed by atoms with Gasteiger partial charge in [0.1, 0.15) is 0 Å². The summed E-state index contributed by atoms with van der Waals surface area (Å²) in [5, 5.41) is 0. The number of allylic oxidation sites excluding steroid dienone is 1. The highest BCUT2D eigenvalue weighted by Crippen LogP contribution is 2.76. The fourth-order valence-corrected chi connectivity index (χ4v) is 4.19. The van der Waals surface area contributed by atoms with Crippen LogP contribution < -0.4 is 5.73 Å². The highest BCUT2D eigenvalue weighted by Gasteiger charge is 2.67. The van der Waals surface area contributed by atoms with Crippen LogP contribution in [-0.2, 0) is 0 Å². The average molecular weight is 207 g/mol. The monoisotopic (exact) mass is 207 g/mol. The molecular weight excluding hydrogens is 182 g/mol. The van der Waals surface area contributed by atoms with Crippen LogP contribution in [0.5, 0.6) is 0 Å². The molecule has 0 aromatic rings. The Kier molecular flexibility index (Phi) is 2.15. The van der Waals surface area contributed by atoms with E-state index >= 15 is 0 Å². The first-order valence-electron chi connectivity index (χ1n) is 6.13. The van der Waals surface area contributed by atoms with Crippen LogP contribution >= 0.6 is 0 Å². The van der Waals surface area contributed by atoms with Crippen molar-refractivity contribution < 1.29 is 0 Å². The normalized spacial score (nSPS) is 46.0. The fourth-order valence-electron chi connectivity index (χ4n) is 4.19. The molecule has 0 aromatic carbocycles. The molecule has 2 saturated carbocycles. The predicted octanol–water partition coefficient (Wildman–Crippen LogP) is 3.50. The lowest BCUT2D eigenvalue weighted by molar-refractivity contribution is -0.156. The summed E-state index contributed by atoms with van der Waals surface area (Å²) in [4.78, 5) is 0. The number of hydrogen-bond donors (Lipinski definition) is 1. The van der Waals surface area contributed by atoms with Gasteiger partial charge in [0.05, 0.1) is 0 Å². The molecule has 0 aliphatic heterocycles. The largest absolute Gasteiger partial charge is 0.327 e. The van der Waals surface area contributed by atoms with Gasteiger partial charge in [-0.15, -0.1) is 0 Å². The number of rotatable bonds is 1. The Morgan fingerprint density at radius 1 is 1.20 bits per heavy atom. The molecule has 86 valence electrons. The van der Waals surface area contributed by atoms with Crippen LogP contribution in [0, 0.1) is 16.2 Å². The van der Waals surface area contributed by atoms with Crippen LogP contribution in [0.1, 0.15) is 53.9 Å². The summed E-state index contributed by atoms with van der Waals surface area (Å²) >= 11 is 0. The van der Waals surface area contributed by atoms with Crippen molar-refractivity contribution >= 4 is 0 Å². The molecule has 0 bridgehead atoms. The first-order chi connectivity index (χ1) is 6.76. The molecule has 0 aromatic heterocycles. The molecule has 0 heterocycles. The van der Waals surface area contributed by atoms with Crippen LogP contribution in [0.2, 0.25) is 0 Å². The quantitative estimate of drug-likeness (QED) is 0.654. The fraction of sp³-hybridized carbons (Fsp3) is 0.857. The van der Waals surface area contributed by atoms with Crippen molar-refractivity contribution in [2.24, 2.45) is 22.0 Å².